The molecule has 0 aromatic heterocycles. The van der Waals surface area contributed by atoms with Crippen molar-refractivity contribution in [1.82, 2.24) is 5.32 Å². The third kappa shape index (κ3) is 4.05. The van der Waals surface area contributed by atoms with Gasteiger partial charge in [0.1, 0.15) is 11.6 Å². The number of aromatic hydroxyl groups is 1. The predicted molar refractivity (Wildman–Crippen MR) is 82.4 cm³/mol. The van der Waals surface area contributed by atoms with Crippen molar-refractivity contribution in [1.29, 1.82) is 0 Å². The Hall–Kier alpha value is -1.39. The summed E-state index contributed by atoms with van der Waals surface area (Å²) in [4.78, 5) is 0. The lowest BCUT2D eigenvalue weighted by atomic mass is 10.1. The molecule has 0 aliphatic rings. The molecule has 0 saturated carbocycles. The van der Waals surface area contributed by atoms with E-state index in [1.54, 1.807) is 18.2 Å². The molecule has 0 aliphatic heterocycles. The molecule has 4 heteroatoms. The summed E-state index contributed by atoms with van der Waals surface area (Å²) >= 11 is 3.38. The lowest BCUT2D eigenvalue weighted by molar-refractivity contribution is 0.464. The number of nitrogens with one attached hydrogen (secondary N) is 1. The maximum Gasteiger partial charge on any atom is 0.123 e. The molecule has 0 saturated heterocycles. The van der Waals surface area contributed by atoms with Crippen LogP contribution in [0, 0.1) is 12.7 Å². The molecule has 0 unspecified atom stereocenters. The first-order valence-corrected chi connectivity index (χ1v) is 7.28. The minimum absolute atomic E-state index is 0.196. The van der Waals surface area contributed by atoms with Crippen molar-refractivity contribution in [3.63, 3.8) is 0 Å². The van der Waals surface area contributed by atoms with Gasteiger partial charge in [0.05, 0.1) is 0 Å². The van der Waals surface area contributed by atoms with E-state index in [0.29, 0.717) is 12.3 Å². The summed E-state index contributed by atoms with van der Waals surface area (Å²) < 4.78 is 13.9. The van der Waals surface area contributed by atoms with Gasteiger partial charge < -0.3 is 10.4 Å². The largest absolute Gasteiger partial charge is 0.508 e. The van der Waals surface area contributed by atoms with Crippen LogP contribution in [0.25, 0.3) is 0 Å². The maximum absolute atomic E-state index is 13.0. The van der Waals surface area contributed by atoms with E-state index in [2.05, 4.69) is 21.2 Å². The number of rotatable bonds is 5. The molecule has 0 aliphatic carbocycles. The van der Waals surface area contributed by atoms with Gasteiger partial charge in [-0.1, -0.05) is 22.0 Å². The highest BCUT2D eigenvalue weighted by Crippen LogP contribution is 2.21. The van der Waals surface area contributed by atoms with Crippen LogP contribution in [0.5, 0.6) is 5.75 Å². The summed E-state index contributed by atoms with van der Waals surface area (Å²) in [5, 5.41) is 13.0. The van der Waals surface area contributed by atoms with Crippen LogP contribution in [0.1, 0.15) is 16.7 Å². The van der Waals surface area contributed by atoms with Crippen LogP contribution < -0.4 is 5.32 Å². The molecule has 0 bridgehead atoms. The smallest absolute Gasteiger partial charge is 0.123 e. The standard InChI is InChI=1S/C16H17BrFNO/c1-11-8-15(18)4-2-12(11)6-7-19-10-13-9-14(17)3-5-16(13)20/h2-5,8-9,19-20H,6-7,10H2,1H3. The van der Waals surface area contributed by atoms with Crippen molar-refractivity contribution in [2.45, 2.75) is 19.9 Å². The van der Waals surface area contributed by atoms with Crippen LogP contribution in [0.15, 0.2) is 40.9 Å². The summed E-state index contributed by atoms with van der Waals surface area (Å²) in [7, 11) is 0. The third-order valence-corrected chi connectivity index (χ3v) is 3.73. The highest BCUT2D eigenvalue weighted by atomic mass is 79.9. The van der Waals surface area contributed by atoms with Gasteiger partial charge in [-0.3, -0.25) is 0 Å². The highest BCUT2D eigenvalue weighted by molar-refractivity contribution is 9.10. The van der Waals surface area contributed by atoms with Crippen molar-refractivity contribution >= 4 is 15.9 Å². The normalized spacial score (nSPS) is 10.8. The van der Waals surface area contributed by atoms with Gasteiger partial charge in [-0.05, 0) is 61.3 Å². The van der Waals surface area contributed by atoms with Gasteiger partial charge in [0.15, 0.2) is 0 Å². The number of halogens is 2. The SMILES string of the molecule is Cc1cc(F)ccc1CCNCc1cc(Br)ccc1O. The minimum atomic E-state index is -0.196. The zero-order valence-corrected chi connectivity index (χ0v) is 12.9. The zero-order valence-electron chi connectivity index (χ0n) is 11.3. The molecule has 20 heavy (non-hydrogen) atoms. The molecule has 2 rings (SSSR count). The second-order valence-electron chi connectivity index (χ2n) is 4.77. The fourth-order valence-electron chi connectivity index (χ4n) is 2.08. The van der Waals surface area contributed by atoms with Gasteiger partial charge in [-0.25, -0.2) is 4.39 Å². The molecule has 0 amide bonds. The van der Waals surface area contributed by atoms with Gasteiger partial charge in [0, 0.05) is 16.6 Å². The monoisotopic (exact) mass is 337 g/mol. The number of phenols is 1. The van der Waals surface area contributed by atoms with E-state index in [4.69, 9.17) is 0 Å². The maximum atomic E-state index is 13.0. The molecular formula is C16H17BrFNO. The van der Waals surface area contributed by atoms with Crippen molar-refractivity contribution in [3.8, 4) is 5.75 Å². The highest BCUT2D eigenvalue weighted by Gasteiger charge is 2.03. The van der Waals surface area contributed by atoms with Gasteiger partial charge in [-0.2, -0.15) is 0 Å². The van der Waals surface area contributed by atoms with Crippen LogP contribution in [-0.4, -0.2) is 11.7 Å². The number of aryl methyl sites for hydroxylation is 1. The molecule has 2 N–H and O–H groups in total. The topological polar surface area (TPSA) is 32.3 Å². The second kappa shape index (κ2) is 6.86. The van der Waals surface area contributed by atoms with E-state index in [0.717, 1.165) is 34.1 Å². The molecule has 0 atom stereocenters. The lowest BCUT2D eigenvalue weighted by Crippen LogP contribution is -2.17. The number of hydrogen-bond donors (Lipinski definition) is 2. The van der Waals surface area contributed by atoms with Crippen LogP contribution >= 0.6 is 15.9 Å². The van der Waals surface area contributed by atoms with Crippen molar-refractivity contribution in [2.75, 3.05) is 6.54 Å². The van der Waals surface area contributed by atoms with Gasteiger partial charge in [0.25, 0.3) is 0 Å². The Morgan fingerprint density at radius 1 is 1.15 bits per heavy atom. The molecule has 0 radical (unpaired) electrons. The second-order valence-corrected chi connectivity index (χ2v) is 5.69. The van der Waals surface area contributed by atoms with Crippen molar-refractivity contribution in [2.24, 2.45) is 0 Å². The van der Waals surface area contributed by atoms with E-state index < -0.39 is 0 Å². The summed E-state index contributed by atoms with van der Waals surface area (Å²) in [6.45, 7) is 3.29. The Morgan fingerprint density at radius 2 is 1.95 bits per heavy atom. The van der Waals surface area contributed by atoms with Crippen LogP contribution in [-0.2, 0) is 13.0 Å². The average molecular weight is 338 g/mol. The van der Waals surface area contributed by atoms with E-state index in [9.17, 15) is 9.50 Å². The predicted octanol–water partition coefficient (Wildman–Crippen LogP) is 3.93. The zero-order chi connectivity index (χ0) is 14.5. The Labute approximate surface area is 126 Å². The molecule has 2 nitrogen and oxygen atoms in total. The van der Waals surface area contributed by atoms with Gasteiger partial charge in [0.2, 0.25) is 0 Å². The van der Waals surface area contributed by atoms with Crippen molar-refractivity contribution < 1.29 is 9.50 Å². The van der Waals surface area contributed by atoms with Crippen LogP contribution in [0.4, 0.5) is 4.39 Å². The summed E-state index contributed by atoms with van der Waals surface area (Å²) in [5.74, 6) is 0.0944. The van der Waals surface area contributed by atoms with E-state index in [1.807, 2.05) is 19.1 Å². The summed E-state index contributed by atoms with van der Waals surface area (Å²) in [5.41, 5.74) is 2.96. The Kier molecular flexibility index (Phi) is 5.15. The first-order chi connectivity index (χ1) is 9.56. The Balaban J connectivity index is 1.86. The molecular weight excluding hydrogens is 321 g/mol. The van der Waals surface area contributed by atoms with Crippen LogP contribution in [0.3, 0.4) is 0 Å². The quantitative estimate of drug-likeness (QED) is 0.810. The fraction of sp³-hybridized carbons (Fsp3) is 0.250. The third-order valence-electron chi connectivity index (χ3n) is 3.23. The average Bonchev–Trinajstić information content (AvgIpc) is 2.40. The van der Waals surface area contributed by atoms with E-state index >= 15 is 0 Å². The van der Waals surface area contributed by atoms with E-state index in [1.165, 1.54) is 6.07 Å². The molecule has 2 aromatic rings. The summed E-state index contributed by atoms with van der Waals surface area (Å²) in [6, 6.07) is 10.2. The number of phenolic OH excluding ortho intramolecular Hbond substituents is 1. The Morgan fingerprint density at radius 3 is 2.70 bits per heavy atom. The molecule has 0 heterocycles. The molecule has 106 valence electrons. The Bertz CT molecular complexity index is 601. The first kappa shape index (κ1) is 15.0. The van der Waals surface area contributed by atoms with Gasteiger partial charge in [-0.15, -0.1) is 0 Å². The number of benzene rings is 2. The lowest BCUT2D eigenvalue weighted by Gasteiger charge is -2.09. The molecule has 0 spiro atoms. The number of hydrogen-bond acceptors (Lipinski definition) is 2. The first-order valence-electron chi connectivity index (χ1n) is 6.49. The van der Waals surface area contributed by atoms with Gasteiger partial charge >= 0.3 is 0 Å². The van der Waals surface area contributed by atoms with E-state index in [-0.39, 0.29) is 5.82 Å². The fourth-order valence-corrected chi connectivity index (χ4v) is 2.49. The summed E-state index contributed by atoms with van der Waals surface area (Å²) in [6.07, 6.45) is 0.834. The molecule has 2 aromatic carbocycles. The molecule has 0 fully saturated rings. The minimum Gasteiger partial charge on any atom is -0.508 e. The van der Waals surface area contributed by atoms with Crippen molar-refractivity contribution in [3.05, 3.63) is 63.4 Å². The van der Waals surface area contributed by atoms with Crippen LogP contribution in [0.2, 0.25) is 0 Å².